The molecule has 1 N–H and O–H groups in total. The van der Waals surface area contributed by atoms with E-state index in [2.05, 4.69) is 25.3 Å². The van der Waals surface area contributed by atoms with Gasteiger partial charge in [-0.05, 0) is 25.3 Å². The van der Waals surface area contributed by atoms with Gasteiger partial charge in [0.2, 0.25) is 11.8 Å². The average Bonchev–Trinajstić information content (AvgIpc) is 3.25. The third kappa shape index (κ3) is 4.62. The number of ether oxygens (including phenoxy) is 2. The van der Waals surface area contributed by atoms with Gasteiger partial charge in [-0.15, -0.1) is 23.4 Å². The van der Waals surface area contributed by atoms with Crippen molar-refractivity contribution < 1.29 is 45.0 Å². The minimum absolute atomic E-state index is 0.0143. The third-order valence-electron chi connectivity index (χ3n) is 6.32. The molecule has 0 saturated heterocycles. The second-order valence-electron chi connectivity index (χ2n) is 9.16. The van der Waals surface area contributed by atoms with Crippen molar-refractivity contribution in [1.82, 2.24) is 25.3 Å². The highest BCUT2D eigenvalue weighted by Crippen LogP contribution is 2.67. The Morgan fingerprint density at radius 3 is 2.50 bits per heavy atom. The van der Waals surface area contributed by atoms with E-state index in [-0.39, 0.29) is 36.9 Å². The maximum atomic E-state index is 12.5. The van der Waals surface area contributed by atoms with Crippen molar-refractivity contribution in [2.75, 3.05) is 6.61 Å². The molecule has 0 radical (unpaired) electrons. The van der Waals surface area contributed by atoms with Crippen LogP contribution in [0.1, 0.15) is 38.0 Å². The van der Waals surface area contributed by atoms with Crippen molar-refractivity contribution in [2.45, 2.75) is 74.3 Å². The van der Waals surface area contributed by atoms with Crippen LogP contribution in [0.2, 0.25) is 0 Å². The first-order chi connectivity index (χ1) is 15.8. The zero-order chi connectivity index (χ0) is 24.4. The molecule has 2 aromatic rings. The number of aromatic nitrogens is 4. The van der Waals surface area contributed by atoms with E-state index in [0.29, 0.717) is 25.2 Å². The van der Waals surface area contributed by atoms with E-state index >= 15 is 0 Å². The van der Waals surface area contributed by atoms with E-state index in [0.717, 1.165) is 4.68 Å². The number of alkyl halides is 6. The topological polar surface area (TPSA) is 104 Å². The molecule has 2 heterocycles. The predicted molar refractivity (Wildman–Crippen MR) is 97.9 cm³/mol. The second-order valence-corrected chi connectivity index (χ2v) is 9.16. The summed E-state index contributed by atoms with van der Waals surface area (Å²) in [5.74, 6) is -0.0132. The summed E-state index contributed by atoms with van der Waals surface area (Å²) in [6.07, 6.45) is -7.47. The van der Waals surface area contributed by atoms with E-state index in [4.69, 9.17) is 9.15 Å². The number of nitrogens with zero attached hydrogens (tertiary/aromatic N) is 4. The lowest BCUT2D eigenvalue weighted by atomic mass is 9.39. The van der Waals surface area contributed by atoms with Crippen LogP contribution in [0.15, 0.2) is 16.7 Å². The highest BCUT2D eigenvalue weighted by molar-refractivity contribution is 5.79. The van der Waals surface area contributed by atoms with Gasteiger partial charge in [0.1, 0.15) is 18.8 Å². The summed E-state index contributed by atoms with van der Waals surface area (Å²) in [4.78, 5) is 12.2. The van der Waals surface area contributed by atoms with E-state index in [1.807, 2.05) is 0 Å². The predicted octanol–water partition coefficient (Wildman–Crippen LogP) is 2.87. The molecule has 186 valence electrons. The number of amides is 1. The number of carbonyl (C=O) groups is 1. The molecule has 1 amide bonds. The zero-order valence-corrected chi connectivity index (χ0v) is 17.4. The number of halogens is 6. The molecule has 4 aliphatic carbocycles. The number of nitrogens with one attached hydrogen (secondary N) is 1. The summed E-state index contributed by atoms with van der Waals surface area (Å²) in [6.45, 7) is -1.49. The fourth-order valence-corrected chi connectivity index (χ4v) is 4.90. The Hall–Kier alpha value is -2.68. The maximum Gasteiger partial charge on any atom is 0.522 e. The molecule has 0 spiro atoms. The van der Waals surface area contributed by atoms with Crippen LogP contribution >= 0.6 is 0 Å². The first kappa shape index (κ1) is 23.1. The van der Waals surface area contributed by atoms with Gasteiger partial charge in [-0.25, -0.2) is 0 Å². The Bertz CT molecular complexity index is 1050. The summed E-state index contributed by atoms with van der Waals surface area (Å²) < 4.78 is 89.4. The summed E-state index contributed by atoms with van der Waals surface area (Å²) in [7, 11) is 0. The number of hydrogen-bond donors (Lipinski definition) is 1. The van der Waals surface area contributed by atoms with Crippen molar-refractivity contribution in [1.29, 1.82) is 0 Å². The molecule has 2 bridgehead atoms. The van der Waals surface area contributed by atoms with Gasteiger partial charge in [-0.1, -0.05) is 0 Å². The van der Waals surface area contributed by atoms with Crippen LogP contribution in [-0.2, 0) is 26.2 Å². The molecule has 4 aliphatic rings. The van der Waals surface area contributed by atoms with Gasteiger partial charge in [0.15, 0.2) is 0 Å². The van der Waals surface area contributed by atoms with Gasteiger partial charge in [0, 0.05) is 24.6 Å². The zero-order valence-electron chi connectivity index (χ0n) is 17.4. The highest BCUT2D eigenvalue weighted by atomic mass is 19.4. The molecule has 0 aromatic carbocycles. The van der Waals surface area contributed by atoms with E-state index in [1.54, 1.807) is 0 Å². The van der Waals surface area contributed by atoms with Crippen molar-refractivity contribution in [3.8, 4) is 11.6 Å². The van der Waals surface area contributed by atoms with Crippen LogP contribution < -0.4 is 5.32 Å². The van der Waals surface area contributed by atoms with Crippen LogP contribution in [0.3, 0.4) is 0 Å². The quantitative estimate of drug-likeness (QED) is 0.562. The van der Waals surface area contributed by atoms with Crippen LogP contribution in [0.25, 0.3) is 11.6 Å². The number of carbonyl (C=O) groups excluding carboxylic acids is 1. The Kier molecular flexibility index (Phi) is 5.20. The summed E-state index contributed by atoms with van der Waals surface area (Å²) in [5, 5.41) is 14.6. The third-order valence-corrected chi connectivity index (χ3v) is 6.32. The Balaban J connectivity index is 1.07. The minimum Gasteiger partial charge on any atom is -0.419 e. The summed E-state index contributed by atoms with van der Waals surface area (Å²) in [5.41, 5.74) is -0.691. The van der Waals surface area contributed by atoms with Gasteiger partial charge in [-0.3, -0.25) is 14.2 Å². The largest absolute Gasteiger partial charge is 0.522 e. The van der Waals surface area contributed by atoms with Gasteiger partial charge in [-0.2, -0.15) is 18.3 Å². The minimum atomic E-state index is -4.68. The van der Waals surface area contributed by atoms with Gasteiger partial charge < -0.3 is 14.5 Å². The molecule has 4 fully saturated rings. The molecule has 34 heavy (non-hydrogen) atoms. The lowest BCUT2D eigenvalue weighted by Crippen LogP contribution is -2.77. The van der Waals surface area contributed by atoms with Crippen LogP contribution in [0, 0.1) is 0 Å². The number of rotatable bonds is 8. The molecular formula is C19H19F6N5O4. The second kappa shape index (κ2) is 7.66. The maximum absolute atomic E-state index is 12.5. The molecule has 6 rings (SSSR count). The molecule has 0 unspecified atom stereocenters. The normalized spacial score (nSPS) is 30.3. The monoisotopic (exact) mass is 495 g/mol. The van der Waals surface area contributed by atoms with Crippen molar-refractivity contribution in [2.24, 2.45) is 0 Å². The number of hydrogen-bond acceptors (Lipinski definition) is 7. The summed E-state index contributed by atoms with van der Waals surface area (Å²) >= 11 is 0. The molecular weight excluding hydrogens is 476 g/mol. The lowest BCUT2D eigenvalue weighted by Gasteiger charge is -2.68. The van der Waals surface area contributed by atoms with Gasteiger partial charge >= 0.3 is 12.5 Å². The highest BCUT2D eigenvalue weighted by Gasteiger charge is 2.71. The van der Waals surface area contributed by atoms with Crippen molar-refractivity contribution in [3.63, 3.8) is 0 Å². The Morgan fingerprint density at radius 1 is 1.15 bits per heavy atom. The fourth-order valence-electron chi connectivity index (χ4n) is 4.90. The van der Waals surface area contributed by atoms with Crippen molar-refractivity contribution in [3.05, 3.63) is 18.2 Å². The van der Waals surface area contributed by atoms with E-state index in [1.165, 1.54) is 12.3 Å². The van der Waals surface area contributed by atoms with Gasteiger partial charge in [0.05, 0.1) is 17.6 Å². The smallest absolute Gasteiger partial charge is 0.419 e. The molecule has 9 nitrogen and oxygen atoms in total. The van der Waals surface area contributed by atoms with Gasteiger partial charge in [0.25, 0.3) is 5.89 Å². The average molecular weight is 495 g/mol. The molecule has 2 aromatic heterocycles. The molecule has 4 saturated carbocycles. The summed E-state index contributed by atoms with van der Waals surface area (Å²) in [6, 6.07) is 1.35. The first-order valence-corrected chi connectivity index (χ1v) is 10.4. The van der Waals surface area contributed by atoms with Crippen LogP contribution in [-0.4, -0.2) is 62.8 Å². The van der Waals surface area contributed by atoms with E-state index in [9.17, 15) is 31.1 Å². The van der Waals surface area contributed by atoms with Crippen molar-refractivity contribution >= 4 is 5.91 Å². The van der Waals surface area contributed by atoms with Crippen LogP contribution in [0.5, 0.6) is 0 Å². The lowest BCUT2D eigenvalue weighted by molar-refractivity contribution is -0.357. The Morgan fingerprint density at radius 2 is 1.85 bits per heavy atom. The standard InChI is InChI=1S/C19H19F6N5O4/c20-18(21,22)9-30-2-1-12(29-30)14-27-28-15(33-14)16-6-17(7-16,8-16)26-13(31)5-32-10-3-11(4-10)34-19(23,24)25/h1-2,10-11H,3-9H2,(H,26,31). The molecule has 0 atom stereocenters. The van der Waals surface area contributed by atoms with Crippen LogP contribution in [0.4, 0.5) is 26.3 Å². The first-order valence-electron chi connectivity index (χ1n) is 10.4. The van der Waals surface area contributed by atoms with E-state index < -0.39 is 42.2 Å². The SMILES string of the molecule is O=C(COC1CC(OC(F)(F)F)C1)NC12CC(c3nnc(-c4ccn(CC(F)(F)F)n4)o3)(C1)C2. The molecule has 15 heteroatoms. The molecule has 0 aliphatic heterocycles. The Labute approximate surface area is 187 Å². The fraction of sp³-hybridized carbons (Fsp3) is 0.684.